The number of amides is 1. The number of nitrogens with one attached hydrogen (secondary N) is 1. The van der Waals surface area contributed by atoms with Crippen LogP contribution in [-0.2, 0) is 0 Å². The van der Waals surface area contributed by atoms with Gasteiger partial charge in [0.25, 0.3) is 11.6 Å². The Morgan fingerprint density at radius 1 is 1.62 bits per heavy atom. The molecule has 1 amide bonds. The van der Waals surface area contributed by atoms with Crippen molar-refractivity contribution in [2.24, 2.45) is 0 Å². The predicted octanol–water partition coefficient (Wildman–Crippen LogP) is 0.705. The second-order valence-corrected chi connectivity index (χ2v) is 3.37. The molecule has 86 valence electrons. The van der Waals surface area contributed by atoms with E-state index in [0.717, 1.165) is 0 Å². The summed E-state index contributed by atoms with van der Waals surface area (Å²) in [4.78, 5) is 21.4. The number of non-ortho nitro benzene ring substituents is 1. The molecule has 1 aromatic rings. The number of rotatable bonds is 4. The Morgan fingerprint density at radius 2 is 2.31 bits per heavy atom. The second kappa shape index (κ2) is 5.22. The lowest BCUT2D eigenvalue weighted by molar-refractivity contribution is -0.384. The molecule has 0 aliphatic carbocycles. The molecular formula is C10H12N2O4. The second-order valence-electron chi connectivity index (χ2n) is 3.37. The van der Waals surface area contributed by atoms with Gasteiger partial charge in [-0.05, 0) is 13.0 Å². The number of benzene rings is 1. The first-order valence-electron chi connectivity index (χ1n) is 4.71. The van der Waals surface area contributed by atoms with Gasteiger partial charge in [0.1, 0.15) is 0 Å². The van der Waals surface area contributed by atoms with Crippen molar-refractivity contribution >= 4 is 11.6 Å². The number of aliphatic hydroxyl groups excluding tert-OH is 1. The van der Waals surface area contributed by atoms with Gasteiger partial charge in [0.05, 0.1) is 11.0 Å². The zero-order valence-corrected chi connectivity index (χ0v) is 8.71. The highest BCUT2D eigenvalue weighted by atomic mass is 16.6. The maximum Gasteiger partial charge on any atom is 0.270 e. The molecule has 6 nitrogen and oxygen atoms in total. The fraction of sp³-hybridized carbons (Fsp3) is 0.300. The molecule has 0 bridgehead atoms. The molecule has 0 saturated heterocycles. The summed E-state index contributed by atoms with van der Waals surface area (Å²) in [5.74, 6) is -0.440. The number of hydrogen-bond donors (Lipinski definition) is 2. The van der Waals surface area contributed by atoms with E-state index >= 15 is 0 Å². The van der Waals surface area contributed by atoms with Gasteiger partial charge in [-0.15, -0.1) is 0 Å². The van der Waals surface area contributed by atoms with Crippen molar-refractivity contribution in [3.05, 3.63) is 39.9 Å². The standard InChI is InChI=1S/C10H12N2O4/c1-7(13)6-11-10(14)8-3-2-4-9(5-8)12(15)16/h2-5,7,13H,6H2,1H3,(H,11,14)/t7-/m1/s1. The summed E-state index contributed by atoms with van der Waals surface area (Å²) >= 11 is 0. The van der Waals surface area contributed by atoms with Crippen LogP contribution in [0.3, 0.4) is 0 Å². The highest BCUT2D eigenvalue weighted by Gasteiger charge is 2.11. The van der Waals surface area contributed by atoms with E-state index < -0.39 is 16.9 Å². The van der Waals surface area contributed by atoms with Crippen molar-refractivity contribution in [3.8, 4) is 0 Å². The van der Waals surface area contributed by atoms with Gasteiger partial charge in [0.15, 0.2) is 0 Å². The normalized spacial score (nSPS) is 11.9. The van der Waals surface area contributed by atoms with Crippen LogP contribution < -0.4 is 5.32 Å². The molecule has 0 fully saturated rings. The molecule has 1 aromatic carbocycles. The zero-order valence-electron chi connectivity index (χ0n) is 8.71. The lowest BCUT2D eigenvalue weighted by Crippen LogP contribution is -2.30. The molecular weight excluding hydrogens is 212 g/mol. The van der Waals surface area contributed by atoms with E-state index in [0.29, 0.717) is 0 Å². The van der Waals surface area contributed by atoms with Gasteiger partial charge in [0.2, 0.25) is 0 Å². The van der Waals surface area contributed by atoms with Gasteiger partial charge in [-0.1, -0.05) is 6.07 Å². The topological polar surface area (TPSA) is 92.5 Å². The van der Waals surface area contributed by atoms with E-state index in [1.54, 1.807) is 0 Å². The Morgan fingerprint density at radius 3 is 2.88 bits per heavy atom. The maximum absolute atomic E-state index is 11.5. The summed E-state index contributed by atoms with van der Waals surface area (Å²) in [6, 6.07) is 5.42. The van der Waals surface area contributed by atoms with E-state index in [1.165, 1.54) is 31.2 Å². The lowest BCUT2D eigenvalue weighted by atomic mass is 10.2. The van der Waals surface area contributed by atoms with Crippen molar-refractivity contribution in [3.63, 3.8) is 0 Å². The van der Waals surface area contributed by atoms with Gasteiger partial charge < -0.3 is 10.4 Å². The smallest absolute Gasteiger partial charge is 0.270 e. The Hall–Kier alpha value is -1.95. The Balaban J connectivity index is 2.76. The van der Waals surface area contributed by atoms with Gasteiger partial charge >= 0.3 is 0 Å². The fourth-order valence-electron chi connectivity index (χ4n) is 1.10. The first-order valence-corrected chi connectivity index (χ1v) is 4.71. The largest absolute Gasteiger partial charge is 0.392 e. The first kappa shape index (κ1) is 12.1. The number of carbonyl (C=O) groups is 1. The van der Waals surface area contributed by atoms with E-state index in [4.69, 9.17) is 5.11 Å². The molecule has 0 unspecified atom stereocenters. The van der Waals surface area contributed by atoms with E-state index in [9.17, 15) is 14.9 Å². The van der Waals surface area contributed by atoms with Crippen LogP contribution in [0.2, 0.25) is 0 Å². The third-order valence-electron chi connectivity index (χ3n) is 1.88. The average Bonchev–Trinajstić information content (AvgIpc) is 2.26. The number of carbonyl (C=O) groups excluding carboxylic acids is 1. The van der Waals surface area contributed by atoms with Crippen LogP contribution in [-0.4, -0.2) is 28.6 Å². The summed E-state index contributed by atoms with van der Waals surface area (Å²) in [6.07, 6.45) is -0.650. The minimum absolute atomic E-state index is 0.113. The van der Waals surface area contributed by atoms with Crippen LogP contribution in [0.15, 0.2) is 24.3 Å². The van der Waals surface area contributed by atoms with E-state index in [1.807, 2.05) is 0 Å². The minimum atomic E-state index is -0.650. The van der Waals surface area contributed by atoms with Gasteiger partial charge in [0, 0.05) is 24.2 Å². The van der Waals surface area contributed by atoms with Crippen molar-refractivity contribution in [1.29, 1.82) is 0 Å². The van der Waals surface area contributed by atoms with Gasteiger partial charge in [-0.2, -0.15) is 0 Å². The average molecular weight is 224 g/mol. The fourth-order valence-corrected chi connectivity index (χ4v) is 1.10. The van der Waals surface area contributed by atoms with Crippen LogP contribution in [0.1, 0.15) is 17.3 Å². The van der Waals surface area contributed by atoms with Gasteiger partial charge in [-0.3, -0.25) is 14.9 Å². The third kappa shape index (κ3) is 3.32. The SMILES string of the molecule is C[C@@H](O)CNC(=O)c1cccc([N+](=O)[O-])c1. The maximum atomic E-state index is 11.5. The lowest BCUT2D eigenvalue weighted by Gasteiger charge is -2.06. The Labute approximate surface area is 92.0 Å². The van der Waals surface area contributed by atoms with Crippen LogP contribution in [0.25, 0.3) is 0 Å². The first-order chi connectivity index (χ1) is 7.50. The molecule has 0 radical (unpaired) electrons. The van der Waals surface area contributed by atoms with Crippen molar-refractivity contribution in [2.45, 2.75) is 13.0 Å². The summed E-state index contributed by atoms with van der Waals surface area (Å²) < 4.78 is 0. The number of nitro benzene ring substituents is 1. The molecule has 0 aliphatic rings. The molecule has 1 atom stereocenters. The van der Waals surface area contributed by atoms with Crippen molar-refractivity contribution in [1.82, 2.24) is 5.32 Å². The van der Waals surface area contributed by atoms with Crippen LogP contribution in [0.4, 0.5) is 5.69 Å². The van der Waals surface area contributed by atoms with Crippen LogP contribution in [0, 0.1) is 10.1 Å². The Bertz CT molecular complexity index is 404. The monoisotopic (exact) mass is 224 g/mol. The molecule has 0 spiro atoms. The minimum Gasteiger partial charge on any atom is -0.392 e. The molecule has 0 saturated carbocycles. The highest BCUT2D eigenvalue weighted by Crippen LogP contribution is 2.12. The summed E-state index contributed by atoms with van der Waals surface area (Å²) in [6.45, 7) is 1.65. The van der Waals surface area contributed by atoms with E-state index in [-0.39, 0.29) is 17.8 Å². The van der Waals surface area contributed by atoms with Crippen molar-refractivity contribution < 1.29 is 14.8 Å². The summed E-state index contributed by atoms with van der Waals surface area (Å²) in [7, 11) is 0. The molecule has 0 heterocycles. The molecule has 0 aliphatic heterocycles. The predicted molar refractivity (Wildman–Crippen MR) is 57.1 cm³/mol. The Kier molecular flexibility index (Phi) is 3.96. The molecule has 6 heteroatoms. The van der Waals surface area contributed by atoms with E-state index in [2.05, 4.69) is 5.32 Å². The molecule has 2 N–H and O–H groups in total. The van der Waals surface area contributed by atoms with Gasteiger partial charge in [-0.25, -0.2) is 0 Å². The number of nitro groups is 1. The summed E-state index contributed by atoms with van der Waals surface area (Å²) in [5.41, 5.74) is 0.0690. The summed E-state index contributed by atoms with van der Waals surface area (Å²) in [5, 5.41) is 21.9. The van der Waals surface area contributed by atoms with Crippen LogP contribution in [0.5, 0.6) is 0 Å². The molecule has 16 heavy (non-hydrogen) atoms. The number of hydrogen-bond acceptors (Lipinski definition) is 4. The molecule has 0 aromatic heterocycles. The number of aliphatic hydroxyl groups is 1. The highest BCUT2D eigenvalue weighted by molar-refractivity contribution is 5.94. The van der Waals surface area contributed by atoms with Crippen molar-refractivity contribution in [2.75, 3.05) is 6.54 Å². The quantitative estimate of drug-likeness (QED) is 0.581. The third-order valence-corrected chi connectivity index (χ3v) is 1.88. The number of nitrogens with zero attached hydrogens (tertiary/aromatic N) is 1. The zero-order chi connectivity index (χ0) is 12.1. The van der Waals surface area contributed by atoms with Crippen LogP contribution >= 0.6 is 0 Å². The molecule has 1 rings (SSSR count).